The maximum absolute atomic E-state index is 12.2. The van der Waals surface area contributed by atoms with Crippen LogP contribution in [0.15, 0.2) is 29.2 Å². The van der Waals surface area contributed by atoms with Gasteiger partial charge in [-0.2, -0.15) is 0 Å². The molecule has 0 aliphatic heterocycles. The second-order valence-electron chi connectivity index (χ2n) is 5.45. The standard InChI is InChI=1S/C15H23NO3S/c1-2-10-20(18,19)15-9-4-3-7-13(15)16-11-12-6-5-8-14(12)17/h3-4,7,9,12,14,16-17H,2,5-6,8,10-11H2,1H3. The van der Waals surface area contributed by atoms with Crippen LogP contribution in [0.1, 0.15) is 32.6 Å². The minimum absolute atomic E-state index is 0.164. The van der Waals surface area contributed by atoms with Crippen molar-refractivity contribution in [2.75, 3.05) is 17.6 Å². The van der Waals surface area contributed by atoms with Crippen molar-refractivity contribution in [2.45, 2.75) is 43.6 Å². The fourth-order valence-electron chi connectivity index (χ4n) is 2.76. The molecule has 20 heavy (non-hydrogen) atoms. The van der Waals surface area contributed by atoms with Gasteiger partial charge in [-0.25, -0.2) is 8.42 Å². The van der Waals surface area contributed by atoms with Crippen LogP contribution in [0.3, 0.4) is 0 Å². The van der Waals surface area contributed by atoms with Gasteiger partial charge in [0.05, 0.1) is 22.4 Å². The summed E-state index contributed by atoms with van der Waals surface area (Å²) in [5.74, 6) is 0.384. The molecule has 0 heterocycles. The van der Waals surface area contributed by atoms with Gasteiger partial charge in [-0.1, -0.05) is 25.5 Å². The normalized spacial score (nSPS) is 22.9. The minimum Gasteiger partial charge on any atom is -0.393 e. The number of rotatable bonds is 6. The maximum atomic E-state index is 12.2. The molecule has 1 aromatic rings. The zero-order valence-electron chi connectivity index (χ0n) is 11.9. The monoisotopic (exact) mass is 297 g/mol. The first-order valence-electron chi connectivity index (χ1n) is 7.28. The minimum atomic E-state index is -3.23. The molecule has 1 aliphatic rings. The first-order chi connectivity index (χ1) is 9.54. The number of aliphatic hydroxyl groups excluding tert-OH is 1. The first-order valence-corrected chi connectivity index (χ1v) is 8.93. The summed E-state index contributed by atoms with van der Waals surface area (Å²) >= 11 is 0. The second kappa shape index (κ2) is 6.59. The fraction of sp³-hybridized carbons (Fsp3) is 0.600. The number of hydrogen-bond acceptors (Lipinski definition) is 4. The van der Waals surface area contributed by atoms with E-state index in [0.717, 1.165) is 19.3 Å². The lowest BCUT2D eigenvalue weighted by atomic mass is 10.1. The van der Waals surface area contributed by atoms with Gasteiger partial charge in [0.1, 0.15) is 0 Å². The van der Waals surface area contributed by atoms with E-state index in [-0.39, 0.29) is 17.8 Å². The van der Waals surface area contributed by atoms with Crippen molar-refractivity contribution < 1.29 is 13.5 Å². The molecule has 1 aromatic carbocycles. The van der Waals surface area contributed by atoms with Crippen LogP contribution in [0, 0.1) is 5.92 Å². The molecule has 0 spiro atoms. The molecule has 0 saturated heterocycles. The van der Waals surface area contributed by atoms with Crippen molar-refractivity contribution in [3.63, 3.8) is 0 Å². The molecule has 5 heteroatoms. The van der Waals surface area contributed by atoms with Crippen molar-refractivity contribution in [1.29, 1.82) is 0 Å². The number of benzene rings is 1. The lowest BCUT2D eigenvalue weighted by molar-refractivity contribution is 0.138. The Morgan fingerprint density at radius 2 is 2.05 bits per heavy atom. The van der Waals surface area contributed by atoms with Crippen molar-refractivity contribution in [1.82, 2.24) is 0 Å². The number of anilines is 1. The zero-order valence-corrected chi connectivity index (χ0v) is 12.7. The van der Waals surface area contributed by atoms with Gasteiger partial charge in [0.2, 0.25) is 0 Å². The second-order valence-corrected chi connectivity index (χ2v) is 7.53. The summed E-state index contributed by atoms with van der Waals surface area (Å²) in [7, 11) is -3.23. The third-order valence-electron chi connectivity index (χ3n) is 3.87. The summed E-state index contributed by atoms with van der Waals surface area (Å²) in [6, 6.07) is 7.03. The van der Waals surface area contributed by atoms with Crippen LogP contribution in [0.25, 0.3) is 0 Å². The molecule has 0 bridgehead atoms. The molecular weight excluding hydrogens is 274 g/mol. The van der Waals surface area contributed by atoms with Crippen molar-refractivity contribution in [3.05, 3.63) is 24.3 Å². The lowest BCUT2D eigenvalue weighted by Gasteiger charge is -2.18. The number of aliphatic hydroxyl groups is 1. The average Bonchev–Trinajstić information content (AvgIpc) is 2.82. The van der Waals surface area contributed by atoms with E-state index in [0.29, 0.717) is 23.5 Å². The van der Waals surface area contributed by atoms with Gasteiger partial charge in [0.15, 0.2) is 9.84 Å². The summed E-state index contributed by atoms with van der Waals surface area (Å²) in [4.78, 5) is 0.370. The van der Waals surface area contributed by atoms with E-state index in [4.69, 9.17) is 0 Å². The molecule has 2 rings (SSSR count). The quantitative estimate of drug-likeness (QED) is 0.846. The Morgan fingerprint density at radius 3 is 2.70 bits per heavy atom. The van der Waals surface area contributed by atoms with Gasteiger partial charge in [0.25, 0.3) is 0 Å². The predicted octanol–water partition coefficient (Wildman–Crippen LogP) is 2.44. The van der Waals surface area contributed by atoms with Gasteiger partial charge in [-0.15, -0.1) is 0 Å². The Labute approximate surface area is 121 Å². The van der Waals surface area contributed by atoms with Gasteiger partial charge in [-0.3, -0.25) is 0 Å². The molecule has 4 nitrogen and oxygen atoms in total. The number of para-hydroxylation sites is 1. The Balaban J connectivity index is 2.12. The SMILES string of the molecule is CCCS(=O)(=O)c1ccccc1NCC1CCCC1O. The van der Waals surface area contributed by atoms with E-state index in [1.165, 1.54) is 0 Å². The molecule has 1 saturated carbocycles. The molecule has 1 aliphatic carbocycles. The lowest BCUT2D eigenvalue weighted by Crippen LogP contribution is -2.22. The summed E-state index contributed by atoms with van der Waals surface area (Å²) in [5, 5.41) is 13.0. The highest BCUT2D eigenvalue weighted by Gasteiger charge is 2.25. The Bertz CT molecular complexity index is 542. The fourth-order valence-corrected chi connectivity index (χ4v) is 4.28. The van der Waals surface area contributed by atoms with Crippen LogP contribution >= 0.6 is 0 Å². The van der Waals surface area contributed by atoms with Gasteiger partial charge in [0, 0.05) is 12.5 Å². The van der Waals surface area contributed by atoms with Gasteiger partial charge < -0.3 is 10.4 Å². The molecule has 2 atom stereocenters. The van der Waals surface area contributed by atoms with E-state index in [1.54, 1.807) is 18.2 Å². The third-order valence-corrected chi connectivity index (χ3v) is 5.84. The van der Waals surface area contributed by atoms with E-state index in [1.807, 2.05) is 13.0 Å². The van der Waals surface area contributed by atoms with Gasteiger partial charge in [-0.05, 0) is 31.4 Å². The zero-order chi connectivity index (χ0) is 14.6. The highest BCUT2D eigenvalue weighted by Crippen LogP contribution is 2.28. The largest absolute Gasteiger partial charge is 0.393 e. The molecular formula is C15H23NO3S. The van der Waals surface area contributed by atoms with Crippen LogP contribution in [0.5, 0.6) is 0 Å². The van der Waals surface area contributed by atoms with E-state index in [2.05, 4.69) is 5.32 Å². The number of nitrogens with one attached hydrogen (secondary N) is 1. The van der Waals surface area contributed by atoms with Crippen LogP contribution in [0.4, 0.5) is 5.69 Å². The highest BCUT2D eigenvalue weighted by atomic mass is 32.2. The van der Waals surface area contributed by atoms with Crippen LogP contribution in [0.2, 0.25) is 0 Å². The van der Waals surface area contributed by atoms with Crippen molar-refractivity contribution in [2.24, 2.45) is 5.92 Å². The average molecular weight is 297 g/mol. The Kier molecular flexibility index (Phi) is 5.05. The first kappa shape index (κ1) is 15.3. The molecule has 112 valence electrons. The molecule has 2 unspecified atom stereocenters. The summed E-state index contributed by atoms with van der Waals surface area (Å²) in [6.45, 7) is 2.49. The Morgan fingerprint density at radius 1 is 1.30 bits per heavy atom. The smallest absolute Gasteiger partial charge is 0.180 e. The van der Waals surface area contributed by atoms with E-state index >= 15 is 0 Å². The molecule has 0 radical (unpaired) electrons. The van der Waals surface area contributed by atoms with Crippen LogP contribution in [-0.2, 0) is 9.84 Å². The predicted molar refractivity (Wildman–Crippen MR) is 80.6 cm³/mol. The number of sulfone groups is 1. The summed E-state index contributed by atoms with van der Waals surface area (Å²) < 4.78 is 24.4. The highest BCUT2D eigenvalue weighted by molar-refractivity contribution is 7.91. The maximum Gasteiger partial charge on any atom is 0.180 e. The summed E-state index contributed by atoms with van der Waals surface area (Å²) in [6.07, 6.45) is 3.24. The van der Waals surface area contributed by atoms with Crippen LogP contribution < -0.4 is 5.32 Å². The van der Waals surface area contributed by atoms with Gasteiger partial charge >= 0.3 is 0 Å². The number of hydrogen-bond donors (Lipinski definition) is 2. The van der Waals surface area contributed by atoms with Crippen LogP contribution in [-0.4, -0.2) is 31.9 Å². The summed E-state index contributed by atoms with van der Waals surface area (Å²) in [5.41, 5.74) is 0.653. The molecule has 1 fully saturated rings. The topological polar surface area (TPSA) is 66.4 Å². The van der Waals surface area contributed by atoms with E-state index in [9.17, 15) is 13.5 Å². The third kappa shape index (κ3) is 3.52. The van der Waals surface area contributed by atoms with E-state index < -0.39 is 9.84 Å². The van der Waals surface area contributed by atoms with Crippen molar-refractivity contribution >= 4 is 15.5 Å². The Hall–Kier alpha value is -1.07. The van der Waals surface area contributed by atoms with Crippen molar-refractivity contribution in [3.8, 4) is 0 Å². The molecule has 2 N–H and O–H groups in total. The molecule has 0 aromatic heterocycles. The molecule has 0 amide bonds.